The van der Waals surface area contributed by atoms with Crippen LogP contribution >= 0.6 is 11.3 Å². The highest BCUT2D eigenvalue weighted by Gasteiger charge is 2.26. The number of methoxy groups -OCH3 is 2. The second-order valence-electron chi connectivity index (χ2n) is 6.75. The Balaban J connectivity index is 1.59. The minimum atomic E-state index is -0.114. The number of rotatable bonds is 6. The van der Waals surface area contributed by atoms with Crippen LogP contribution in [0.1, 0.15) is 32.8 Å². The number of thiophene rings is 1. The number of benzene rings is 2. The van der Waals surface area contributed by atoms with Gasteiger partial charge in [0.2, 0.25) is 0 Å². The van der Waals surface area contributed by atoms with Crippen molar-refractivity contribution in [1.82, 2.24) is 0 Å². The molecular weight excluding hydrogens is 384 g/mol. The molecule has 0 spiro atoms. The molecule has 0 fully saturated rings. The summed E-state index contributed by atoms with van der Waals surface area (Å²) in [5.74, 6) is 1.44. The van der Waals surface area contributed by atoms with Crippen molar-refractivity contribution >= 4 is 34.1 Å². The Hall–Kier alpha value is -3.12. The zero-order valence-electron chi connectivity index (χ0n) is 16.4. The standard InChI is InChI=1S/C23H22N2O3S/c1-27-17-10-6-15(7-11-17)14-24-23-21(19-4-3-5-20(19)29-23)22(26)25-16-8-12-18(28-2)13-9-16/h6-14H,3-5H2,1-2H3,(H,25,26)/b24-14+. The maximum absolute atomic E-state index is 13.1. The number of aryl methyl sites for hydroxylation is 1. The minimum Gasteiger partial charge on any atom is -0.497 e. The van der Waals surface area contributed by atoms with Crippen LogP contribution in [0.4, 0.5) is 10.7 Å². The third-order valence-electron chi connectivity index (χ3n) is 4.92. The number of nitrogens with zero attached hydrogens (tertiary/aromatic N) is 1. The lowest BCUT2D eigenvalue weighted by molar-refractivity contribution is 0.102. The number of hydrogen-bond donors (Lipinski definition) is 1. The molecule has 148 valence electrons. The Bertz CT molecular complexity index is 1040. The van der Waals surface area contributed by atoms with Crippen LogP contribution in [-0.2, 0) is 12.8 Å². The summed E-state index contributed by atoms with van der Waals surface area (Å²) in [4.78, 5) is 19.0. The van der Waals surface area contributed by atoms with Gasteiger partial charge in [0.15, 0.2) is 0 Å². The quantitative estimate of drug-likeness (QED) is 0.568. The van der Waals surface area contributed by atoms with E-state index in [4.69, 9.17) is 9.47 Å². The smallest absolute Gasteiger partial charge is 0.259 e. The van der Waals surface area contributed by atoms with Crippen LogP contribution in [0.3, 0.4) is 0 Å². The molecule has 4 rings (SSSR count). The monoisotopic (exact) mass is 406 g/mol. The van der Waals surface area contributed by atoms with E-state index < -0.39 is 0 Å². The van der Waals surface area contributed by atoms with E-state index in [2.05, 4.69) is 10.3 Å². The van der Waals surface area contributed by atoms with Gasteiger partial charge in [-0.3, -0.25) is 4.79 Å². The molecule has 5 nitrogen and oxygen atoms in total. The fourth-order valence-electron chi connectivity index (χ4n) is 3.41. The highest BCUT2D eigenvalue weighted by atomic mass is 32.1. The molecule has 0 saturated heterocycles. The van der Waals surface area contributed by atoms with Crippen LogP contribution < -0.4 is 14.8 Å². The Morgan fingerprint density at radius 1 is 1.00 bits per heavy atom. The lowest BCUT2D eigenvalue weighted by Gasteiger charge is -2.08. The van der Waals surface area contributed by atoms with Gasteiger partial charge in [0, 0.05) is 16.8 Å². The van der Waals surface area contributed by atoms with Crippen LogP contribution in [0.25, 0.3) is 0 Å². The molecule has 0 radical (unpaired) electrons. The third-order valence-corrected chi connectivity index (χ3v) is 6.12. The Kier molecular flexibility index (Phi) is 5.62. The van der Waals surface area contributed by atoms with Crippen molar-refractivity contribution in [2.75, 3.05) is 19.5 Å². The molecule has 2 aromatic carbocycles. The van der Waals surface area contributed by atoms with Crippen LogP contribution in [0.2, 0.25) is 0 Å². The van der Waals surface area contributed by atoms with E-state index in [0.29, 0.717) is 5.56 Å². The number of fused-ring (bicyclic) bond motifs is 1. The van der Waals surface area contributed by atoms with Gasteiger partial charge >= 0.3 is 0 Å². The molecule has 6 heteroatoms. The summed E-state index contributed by atoms with van der Waals surface area (Å²) in [6.07, 6.45) is 4.83. The topological polar surface area (TPSA) is 59.9 Å². The number of hydrogen-bond acceptors (Lipinski definition) is 5. The first kappa shape index (κ1) is 19.2. The molecule has 1 aliphatic rings. The van der Waals surface area contributed by atoms with Crippen molar-refractivity contribution in [3.05, 3.63) is 70.1 Å². The fourth-order valence-corrected chi connectivity index (χ4v) is 4.64. The van der Waals surface area contributed by atoms with Gasteiger partial charge in [-0.25, -0.2) is 4.99 Å². The van der Waals surface area contributed by atoms with E-state index in [1.165, 1.54) is 4.88 Å². The first-order valence-electron chi connectivity index (χ1n) is 9.46. The van der Waals surface area contributed by atoms with E-state index in [9.17, 15) is 4.79 Å². The first-order valence-corrected chi connectivity index (χ1v) is 10.3. The van der Waals surface area contributed by atoms with E-state index in [1.54, 1.807) is 31.8 Å². The maximum atomic E-state index is 13.1. The highest BCUT2D eigenvalue weighted by Crippen LogP contribution is 2.41. The summed E-state index contributed by atoms with van der Waals surface area (Å²) < 4.78 is 10.4. The van der Waals surface area contributed by atoms with Crippen molar-refractivity contribution in [2.45, 2.75) is 19.3 Å². The Labute approximate surface area is 174 Å². The summed E-state index contributed by atoms with van der Waals surface area (Å²) in [5.41, 5.74) is 3.53. The van der Waals surface area contributed by atoms with Crippen molar-refractivity contribution in [1.29, 1.82) is 0 Å². The van der Waals surface area contributed by atoms with Gasteiger partial charge in [-0.2, -0.15) is 0 Å². The summed E-state index contributed by atoms with van der Waals surface area (Å²) in [5, 5.41) is 3.76. The van der Waals surface area contributed by atoms with E-state index in [1.807, 2.05) is 48.5 Å². The molecule has 0 unspecified atom stereocenters. The summed E-state index contributed by atoms with van der Waals surface area (Å²) in [7, 11) is 3.26. The zero-order chi connectivity index (χ0) is 20.2. The summed E-state index contributed by atoms with van der Waals surface area (Å²) >= 11 is 1.62. The molecule has 1 amide bonds. The zero-order valence-corrected chi connectivity index (χ0v) is 17.2. The second-order valence-corrected chi connectivity index (χ2v) is 7.84. The number of nitrogens with one attached hydrogen (secondary N) is 1. The number of carbonyl (C=O) groups is 1. The molecule has 0 aliphatic heterocycles. The van der Waals surface area contributed by atoms with Gasteiger partial charge in [0.05, 0.1) is 19.8 Å². The lowest BCUT2D eigenvalue weighted by Crippen LogP contribution is -2.13. The molecule has 3 aromatic rings. The molecule has 0 saturated carbocycles. The normalized spacial score (nSPS) is 12.8. The fraction of sp³-hybridized carbons (Fsp3) is 0.217. The van der Waals surface area contributed by atoms with E-state index >= 15 is 0 Å². The van der Waals surface area contributed by atoms with Crippen LogP contribution in [-0.4, -0.2) is 26.3 Å². The van der Waals surface area contributed by atoms with E-state index in [-0.39, 0.29) is 5.91 Å². The SMILES string of the molecule is COc1ccc(/C=N/c2sc3c(c2C(=O)Nc2ccc(OC)cc2)CCC3)cc1. The minimum absolute atomic E-state index is 0.114. The third kappa shape index (κ3) is 4.17. The second kappa shape index (κ2) is 8.49. The average Bonchev–Trinajstić information content (AvgIpc) is 3.34. The molecule has 1 heterocycles. The van der Waals surface area contributed by atoms with Gasteiger partial charge in [-0.05, 0) is 78.9 Å². The van der Waals surface area contributed by atoms with Crippen LogP contribution in [0, 0.1) is 0 Å². The van der Waals surface area contributed by atoms with Gasteiger partial charge in [-0.15, -0.1) is 11.3 Å². The highest BCUT2D eigenvalue weighted by molar-refractivity contribution is 7.16. The average molecular weight is 407 g/mol. The van der Waals surface area contributed by atoms with Crippen molar-refractivity contribution in [3.63, 3.8) is 0 Å². The van der Waals surface area contributed by atoms with Crippen molar-refractivity contribution < 1.29 is 14.3 Å². The number of aliphatic imine (C=N–C) groups is 1. The van der Waals surface area contributed by atoms with Gasteiger partial charge in [0.25, 0.3) is 5.91 Å². The lowest BCUT2D eigenvalue weighted by atomic mass is 10.1. The molecule has 0 atom stereocenters. The Morgan fingerprint density at radius 2 is 1.66 bits per heavy atom. The molecule has 1 aliphatic carbocycles. The molecule has 29 heavy (non-hydrogen) atoms. The number of carbonyl (C=O) groups excluding carboxylic acids is 1. The number of ether oxygens (including phenoxy) is 2. The van der Waals surface area contributed by atoms with Crippen molar-refractivity contribution in [3.8, 4) is 11.5 Å². The summed E-state index contributed by atoms with van der Waals surface area (Å²) in [6.45, 7) is 0. The largest absolute Gasteiger partial charge is 0.497 e. The number of amides is 1. The molecule has 1 aromatic heterocycles. The van der Waals surface area contributed by atoms with Crippen molar-refractivity contribution in [2.24, 2.45) is 4.99 Å². The first-order chi connectivity index (χ1) is 14.2. The van der Waals surface area contributed by atoms with Crippen LogP contribution in [0.15, 0.2) is 53.5 Å². The Morgan fingerprint density at radius 3 is 2.31 bits per heavy atom. The van der Waals surface area contributed by atoms with Gasteiger partial charge < -0.3 is 14.8 Å². The van der Waals surface area contributed by atoms with Crippen LogP contribution in [0.5, 0.6) is 11.5 Å². The molecule has 0 bridgehead atoms. The molecule has 1 N–H and O–H groups in total. The summed E-state index contributed by atoms with van der Waals surface area (Å²) in [6, 6.07) is 15.0. The predicted molar refractivity (Wildman–Crippen MR) is 118 cm³/mol. The maximum Gasteiger partial charge on any atom is 0.259 e. The van der Waals surface area contributed by atoms with E-state index in [0.717, 1.165) is 52.6 Å². The number of anilines is 1. The van der Waals surface area contributed by atoms with Gasteiger partial charge in [0.1, 0.15) is 16.5 Å². The van der Waals surface area contributed by atoms with Gasteiger partial charge in [-0.1, -0.05) is 0 Å². The molecular formula is C23H22N2O3S. The predicted octanol–water partition coefficient (Wildman–Crippen LogP) is 5.26.